The van der Waals surface area contributed by atoms with Crippen LogP contribution in [0.1, 0.15) is 18.4 Å². The molecule has 2 aliphatic heterocycles. The summed E-state index contributed by atoms with van der Waals surface area (Å²) in [4.78, 5) is 25.6. The van der Waals surface area contributed by atoms with Gasteiger partial charge in [0.25, 0.3) is 0 Å². The Bertz CT molecular complexity index is 593. The summed E-state index contributed by atoms with van der Waals surface area (Å²) in [6.45, 7) is 2.37. The van der Waals surface area contributed by atoms with E-state index in [2.05, 4.69) is 4.90 Å². The molecule has 0 aliphatic carbocycles. The van der Waals surface area contributed by atoms with Gasteiger partial charge in [-0.2, -0.15) is 4.39 Å². The second kappa shape index (κ2) is 5.40. The molecule has 0 bridgehead atoms. The fraction of sp³-hybridized carbons (Fsp3) is 0.500. The van der Waals surface area contributed by atoms with Gasteiger partial charge in [-0.25, -0.2) is 0 Å². The standard InChI is InChI=1S/C14H16FN3O3/c15-14-10(2-1-3-12(14)18(20)21)8-16-6-7-17-11(9-16)4-5-13(17)19/h1-3,11H,4-9H2. The molecular weight excluding hydrogens is 277 g/mol. The van der Waals surface area contributed by atoms with Crippen LogP contribution in [0.3, 0.4) is 0 Å². The van der Waals surface area contributed by atoms with Crippen molar-refractivity contribution in [2.24, 2.45) is 0 Å². The van der Waals surface area contributed by atoms with Crippen LogP contribution in [0.4, 0.5) is 10.1 Å². The minimum atomic E-state index is -0.757. The fourth-order valence-corrected chi connectivity index (χ4v) is 3.14. The van der Waals surface area contributed by atoms with Gasteiger partial charge in [-0.05, 0) is 6.42 Å². The molecule has 7 heteroatoms. The van der Waals surface area contributed by atoms with Gasteiger partial charge < -0.3 is 4.90 Å². The van der Waals surface area contributed by atoms with Gasteiger partial charge in [0.15, 0.2) is 0 Å². The van der Waals surface area contributed by atoms with Gasteiger partial charge in [0.2, 0.25) is 11.7 Å². The van der Waals surface area contributed by atoms with Crippen LogP contribution < -0.4 is 0 Å². The lowest BCUT2D eigenvalue weighted by Gasteiger charge is -2.37. The van der Waals surface area contributed by atoms with Crippen molar-refractivity contribution < 1.29 is 14.1 Å². The van der Waals surface area contributed by atoms with Crippen LogP contribution in [0.25, 0.3) is 0 Å². The highest BCUT2D eigenvalue weighted by Crippen LogP contribution is 2.26. The van der Waals surface area contributed by atoms with Gasteiger partial charge >= 0.3 is 5.69 Å². The highest BCUT2D eigenvalue weighted by atomic mass is 19.1. The lowest BCUT2D eigenvalue weighted by molar-refractivity contribution is -0.387. The molecule has 0 aromatic heterocycles. The Hall–Kier alpha value is -2.02. The Morgan fingerprint density at radius 3 is 2.95 bits per heavy atom. The van der Waals surface area contributed by atoms with Crippen LogP contribution in [-0.2, 0) is 11.3 Å². The lowest BCUT2D eigenvalue weighted by Crippen LogP contribution is -2.51. The van der Waals surface area contributed by atoms with Crippen LogP contribution in [0.15, 0.2) is 18.2 Å². The summed E-state index contributed by atoms with van der Waals surface area (Å²) in [7, 11) is 0. The van der Waals surface area contributed by atoms with E-state index in [9.17, 15) is 19.3 Å². The van der Waals surface area contributed by atoms with Crippen molar-refractivity contribution in [3.63, 3.8) is 0 Å². The maximum atomic E-state index is 14.1. The number of piperazine rings is 1. The second-order valence-electron chi connectivity index (χ2n) is 5.52. The molecule has 0 spiro atoms. The van der Waals surface area contributed by atoms with E-state index in [1.54, 1.807) is 6.07 Å². The van der Waals surface area contributed by atoms with Crippen molar-refractivity contribution in [2.45, 2.75) is 25.4 Å². The van der Waals surface area contributed by atoms with Crippen LogP contribution >= 0.6 is 0 Å². The predicted octanol–water partition coefficient (Wildman–Crippen LogP) is 1.54. The van der Waals surface area contributed by atoms with Crippen molar-refractivity contribution in [1.29, 1.82) is 0 Å². The third kappa shape index (κ3) is 2.61. The maximum absolute atomic E-state index is 14.1. The van der Waals surface area contributed by atoms with Crippen molar-refractivity contribution in [1.82, 2.24) is 9.80 Å². The first-order valence-corrected chi connectivity index (χ1v) is 7.00. The highest BCUT2D eigenvalue weighted by molar-refractivity contribution is 5.78. The zero-order chi connectivity index (χ0) is 15.0. The monoisotopic (exact) mass is 293 g/mol. The molecule has 0 radical (unpaired) electrons. The van der Waals surface area contributed by atoms with Crippen LogP contribution in [0.2, 0.25) is 0 Å². The first-order valence-electron chi connectivity index (χ1n) is 7.00. The molecule has 112 valence electrons. The zero-order valence-electron chi connectivity index (χ0n) is 11.5. The molecule has 21 heavy (non-hydrogen) atoms. The summed E-state index contributed by atoms with van der Waals surface area (Å²) in [6, 6.07) is 4.46. The molecule has 3 rings (SSSR count). The van der Waals surface area contributed by atoms with E-state index in [1.165, 1.54) is 12.1 Å². The number of hydrogen-bond acceptors (Lipinski definition) is 4. The molecule has 1 unspecified atom stereocenters. The molecule has 0 N–H and O–H groups in total. The van der Waals surface area contributed by atoms with E-state index in [1.807, 2.05) is 4.90 Å². The second-order valence-corrected chi connectivity index (χ2v) is 5.52. The Morgan fingerprint density at radius 2 is 2.19 bits per heavy atom. The maximum Gasteiger partial charge on any atom is 0.305 e. The number of rotatable bonds is 3. The fourth-order valence-electron chi connectivity index (χ4n) is 3.14. The number of fused-ring (bicyclic) bond motifs is 1. The third-order valence-corrected chi connectivity index (χ3v) is 4.23. The number of carbonyl (C=O) groups excluding carboxylic acids is 1. The Kier molecular flexibility index (Phi) is 3.59. The van der Waals surface area contributed by atoms with E-state index >= 15 is 0 Å². The Labute approximate surface area is 121 Å². The number of amides is 1. The van der Waals surface area contributed by atoms with Crippen LogP contribution in [-0.4, -0.2) is 46.3 Å². The molecule has 0 saturated carbocycles. The van der Waals surface area contributed by atoms with Crippen molar-refractivity contribution >= 4 is 11.6 Å². The van der Waals surface area contributed by atoms with E-state index in [-0.39, 0.29) is 11.9 Å². The SMILES string of the molecule is O=C1CCC2CN(Cc3cccc([N+](=O)[O-])c3F)CCN12. The first kappa shape index (κ1) is 13.9. The van der Waals surface area contributed by atoms with Gasteiger partial charge in [-0.3, -0.25) is 19.8 Å². The molecule has 1 atom stereocenters. The summed E-state index contributed by atoms with van der Waals surface area (Å²) >= 11 is 0. The molecular formula is C14H16FN3O3. The van der Waals surface area contributed by atoms with Crippen molar-refractivity contribution in [3.8, 4) is 0 Å². The van der Waals surface area contributed by atoms with E-state index in [4.69, 9.17) is 0 Å². The van der Waals surface area contributed by atoms with Crippen molar-refractivity contribution in [3.05, 3.63) is 39.7 Å². The summed E-state index contributed by atoms with van der Waals surface area (Å²) in [6.07, 6.45) is 1.43. The van der Waals surface area contributed by atoms with Crippen LogP contribution in [0, 0.1) is 15.9 Å². The number of nitro groups is 1. The lowest BCUT2D eigenvalue weighted by atomic mass is 10.1. The van der Waals surface area contributed by atoms with Gasteiger partial charge in [-0.1, -0.05) is 12.1 Å². The summed E-state index contributed by atoms with van der Waals surface area (Å²) in [5.74, 6) is -0.561. The molecule has 2 saturated heterocycles. The average Bonchev–Trinajstić information content (AvgIpc) is 2.82. The Morgan fingerprint density at radius 1 is 1.38 bits per heavy atom. The largest absolute Gasteiger partial charge is 0.337 e. The van der Waals surface area contributed by atoms with Gasteiger partial charge in [0.05, 0.1) is 4.92 Å². The summed E-state index contributed by atoms with van der Waals surface area (Å²) in [5, 5.41) is 10.8. The van der Waals surface area contributed by atoms with E-state index in [0.29, 0.717) is 38.2 Å². The van der Waals surface area contributed by atoms with Gasteiger partial charge in [0, 0.05) is 50.3 Å². The quantitative estimate of drug-likeness (QED) is 0.626. The smallest absolute Gasteiger partial charge is 0.305 e. The topological polar surface area (TPSA) is 66.7 Å². The highest BCUT2D eigenvalue weighted by Gasteiger charge is 2.35. The normalized spacial score (nSPS) is 22.4. The van der Waals surface area contributed by atoms with E-state index in [0.717, 1.165) is 6.42 Å². The van der Waals surface area contributed by atoms with Crippen molar-refractivity contribution in [2.75, 3.05) is 19.6 Å². The minimum Gasteiger partial charge on any atom is -0.337 e. The van der Waals surface area contributed by atoms with Gasteiger partial charge in [0.1, 0.15) is 0 Å². The number of halogens is 1. The number of benzene rings is 1. The van der Waals surface area contributed by atoms with Crippen LogP contribution in [0.5, 0.6) is 0 Å². The number of hydrogen-bond donors (Lipinski definition) is 0. The third-order valence-electron chi connectivity index (χ3n) is 4.23. The summed E-state index contributed by atoms with van der Waals surface area (Å²) in [5.41, 5.74) is -0.149. The first-order chi connectivity index (χ1) is 10.1. The number of nitrogens with zero attached hydrogens (tertiary/aromatic N) is 3. The Balaban J connectivity index is 1.72. The average molecular weight is 293 g/mol. The summed E-state index contributed by atoms with van der Waals surface area (Å²) < 4.78 is 14.1. The van der Waals surface area contributed by atoms with E-state index < -0.39 is 16.4 Å². The van der Waals surface area contributed by atoms with Gasteiger partial charge in [-0.15, -0.1) is 0 Å². The number of carbonyl (C=O) groups is 1. The molecule has 1 aromatic rings. The zero-order valence-corrected chi connectivity index (χ0v) is 11.5. The minimum absolute atomic E-state index is 0.196. The molecule has 2 heterocycles. The predicted molar refractivity (Wildman–Crippen MR) is 73.1 cm³/mol. The number of nitro benzene ring substituents is 1. The molecule has 2 aliphatic rings. The molecule has 6 nitrogen and oxygen atoms in total. The molecule has 1 aromatic carbocycles. The molecule has 1 amide bonds. The molecule has 2 fully saturated rings.